The SMILES string of the molecule is CCCN(CCO)C(=O)CC[C@@H]1CN(C2Cc3ccccc3C2)CC[C@@H]1N1CCN(c2ccccc2F)CC1. The molecule has 0 aromatic heterocycles. The molecule has 0 saturated carbocycles. The number of piperazine rings is 1. The first-order valence-electron chi connectivity index (χ1n) is 15.0. The predicted molar refractivity (Wildman–Crippen MR) is 154 cm³/mol. The van der Waals surface area contributed by atoms with E-state index in [4.69, 9.17) is 0 Å². The van der Waals surface area contributed by atoms with Gasteiger partial charge in [-0.2, -0.15) is 0 Å². The molecule has 3 aliphatic rings. The molecule has 2 heterocycles. The molecule has 0 radical (unpaired) electrons. The summed E-state index contributed by atoms with van der Waals surface area (Å²) in [5.41, 5.74) is 3.68. The molecule has 6 nitrogen and oxygen atoms in total. The van der Waals surface area contributed by atoms with Crippen LogP contribution in [0.5, 0.6) is 0 Å². The van der Waals surface area contributed by atoms with Crippen molar-refractivity contribution in [3.63, 3.8) is 0 Å². The van der Waals surface area contributed by atoms with Crippen molar-refractivity contribution in [1.82, 2.24) is 14.7 Å². The molecule has 212 valence electrons. The minimum absolute atomic E-state index is 0.0140. The zero-order valence-electron chi connectivity index (χ0n) is 23.5. The maximum Gasteiger partial charge on any atom is 0.222 e. The Morgan fingerprint density at radius 3 is 2.31 bits per heavy atom. The highest BCUT2D eigenvalue weighted by Crippen LogP contribution is 2.33. The van der Waals surface area contributed by atoms with Crippen LogP contribution in [0.1, 0.15) is 43.7 Å². The highest BCUT2D eigenvalue weighted by atomic mass is 19.1. The number of para-hydroxylation sites is 1. The number of fused-ring (bicyclic) bond motifs is 1. The maximum atomic E-state index is 14.4. The molecule has 0 spiro atoms. The number of rotatable bonds is 10. The second kappa shape index (κ2) is 13.2. The van der Waals surface area contributed by atoms with Crippen molar-refractivity contribution < 1.29 is 14.3 Å². The molecule has 2 saturated heterocycles. The zero-order valence-corrected chi connectivity index (χ0v) is 23.5. The second-order valence-corrected chi connectivity index (χ2v) is 11.6. The Bertz CT molecular complexity index is 1060. The lowest BCUT2D eigenvalue weighted by Crippen LogP contribution is -2.58. The summed E-state index contributed by atoms with van der Waals surface area (Å²) in [6, 6.07) is 16.9. The molecule has 5 rings (SSSR count). The maximum absolute atomic E-state index is 14.4. The number of carbonyl (C=O) groups excluding carboxylic acids is 1. The van der Waals surface area contributed by atoms with Crippen molar-refractivity contribution in [2.24, 2.45) is 5.92 Å². The van der Waals surface area contributed by atoms with Crippen LogP contribution in [0.25, 0.3) is 0 Å². The number of hydrogen-bond acceptors (Lipinski definition) is 5. The van der Waals surface area contributed by atoms with Gasteiger partial charge >= 0.3 is 0 Å². The molecule has 2 aromatic carbocycles. The minimum atomic E-state index is -0.146. The largest absolute Gasteiger partial charge is 0.395 e. The standard InChI is InChI=1S/C32H45FN4O2/c1-2-14-36(20-21-38)32(39)12-11-27-24-37(28-22-25-7-3-4-8-26(25)23-28)15-13-30(27)34-16-18-35(19-17-34)31-10-6-5-9-29(31)33/h3-10,27-28,30,38H,2,11-24H2,1H3/t27-,30+/m1/s1. The Kier molecular flexibility index (Phi) is 9.53. The summed E-state index contributed by atoms with van der Waals surface area (Å²) in [4.78, 5) is 22.4. The van der Waals surface area contributed by atoms with Gasteiger partial charge in [0.1, 0.15) is 5.82 Å². The van der Waals surface area contributed by atoms with Crippen molar-refractivity contribution in [2.75, 3.05) is 63.9 Å². The molecule has 1 N–H and O–H groups in total. The van der Waals surface area contributed by atoms with Gasteiger partial charge in [-0.15, -0.1) is 0 Å². The van der Waals surface area contributed by atoms with E-state index >= 15 is 0 Å². The first-order chi connectivity index (χ1) is 19.1. The van der Waals surface area contributed by atoms with Gasteiger partial charge in [0.15, 0.2) is 0 Å². The molecular formula is C32H45FN4O2. The molecule has 7 heteroatoms. The Hall–Kier alpha value is -2.48. The quantitative estimate of drug-likeness (QED) is 0.501. The third-order valence-corrected chi connectivity index (χ3v) is 9.19. The van der Waals surface area contributed by atoms with Gasteiger partial charge < -0.3 is 14.9 Å². The number of likely N-dealkylation sites (tertiary alicyclic amines) is 1. The number of amides is 1. The summed E-state index contributed by atoms with van der Waals surface area (Å²) >= 11 is 0. The van der Waals surface area contributed by atoms with Crippen LogP contribution in [-0.2, 0) is 17.6 Å². The lowest BCUT2D eigenvalue weighted by atomic mass is 9.85. The molecule has 0 unspecified atom stereocenters. The molecule has 39 heavy (non-hydrogen) atoms. The Labute approximate surface area is 233 Å². The van der Waals surface area contributed by atoms with Crippen LogP contribution in [-0.4, -0.2) is 96.8 Å². The molecule has 2 aromatic rings. The minimum Gasteiger partial charge on any atom is -0.395 e. The lowest BCUT2D eigenvalue weighted by molar-refractivity contribution is -0.132. The number of anilines is 1. The lowest BCUT2D eigenvalue weighted by Gasteiger charge is -2.48. The molecule has 2 aliphatic heterocycles. The van der Waals surface area contributed by atoms with Crippen LogP contribution >= 0.6 is 0 Å². The number of carbonyl (C=O) groups is 1. The van der Waals surface area contributed by atoms with Gasteiger partial charge in [-0.25, -0.2) is 4.39 Å². The van der Waals surface area contributed by atoms with Gasteiger partial charge in [0, 0.05) is 64.3 Å². The summed E-state index contributed by atoms with van der Waals surface area (Å²) in [6.07, 6.45) is 5.66. The van der Waals surface area contributed by atoms with Crippen molar-refractivity contribution >= 4 is 11.6 Å². The molecule has 2 atom stereocenters. The fourth-order valence-electron chi connectivity index (χ4n) is 7.16. The molecule has 1 amide bonds. The van der Waals surface area contributed by atoms with Gasteiger partial charge in [0.2, 0.25) is 5.91 Å². The van der Waals surface area contributed by atoms with Crippen LogP contribution in [0.4, 0.5) is 10.1 Å². The van der Waals surface area contributed by atoms with Crippen molar-refractivity contribution in [2.45, 2.75) is 57.5 Å². The van der Waals surface area contributed by atoms with Crippen LogP contribution in [0.3, 0.4) is 0 Å². The Balaban J connectivity index is 1.25. The summed E-state index contributed by atoms with van der Waals surface area (Å²) in [5, 5.41) is 9.46. The molecule has 2 fully saturated rings. The number of aliphatic hydroxyl groups excluding tert-OH is 1. The smallest absolute Gasteiger partial charge is 0.222 e. The highest BCUT2D eigenvalue weighted by Gasteiger charge is 2.38. The molecule has 0 bridgehead atoms. The van der Waals surface area contributed by atoms with E-state index in [9.17, 15) is 14.3 Å². The molecular weight excluding hydrogens is 491 g/mol. The average Bonchev–Trinajstić information content (AvgIpc) is 3.41. The first-order valence-corrected chi connectivity index (χ1v) is 15.0. The number of nitrogens with zero attached hydrogens (tertiary/aromatic N) is 4. The average molecular weight is 537 g/mol. The van der Waals surface area contributed by atoms with E-state index in [0.717, 1.165) is 71.4 Å². The monoisotopic (exact) mass is 536 g/mol. The van der Waals surface area contributed by atoms with Gasteiger partial charge in [0.05, 0.1) is 12.3 Å². The predicted octanol–water partition coefficient (Wildman–Crippen LogP) is 3.82. The number of aliphatic hydroxyl groups is 1. The van der Waals surface area contributed by atoms with Gasteiger partial charge in [-0.05, 0) is 67.8 Å². The van der Waals surface area contributed by atoms with Crippen LogP contribution in [0.2, 0.25) is 0 Å². The topological polar surface area (TPSA) is 50.3 Å². The summed E-state index contributed by atoms with van der Waals surface area (Å²) in [6.45, 7) is 8.83. The third-order valence-electron chi connectivity index (χ3n) is 9.19. The number of halogens is 1. The normalized spacial score (nSPS) is 22.7. The van der Waals surface area contributed by atoms with E-state index in [1.54, 1.807) is 12.1 Å². The number of benzene rings is 2. The fourth-order valence-corrected chi connectivity index (χ4v) is 7.16. The van der Waals surface area contributed by atoms with Gasteiger partial charge in [-0.1, -0.05) is 43.3 Å². The van der Waals surface area contributed by atoms with Crippen molar-refractivity contribution in [3.05, 3.63) is 65.5 Å². The number of hydrogen-bond donors (Lipinski definition) is 1. The number of piperidine rings is 1. The Morgan fingerprint density at radius 2 is 1.64 bits per heavy atom. The van der Waals surface area contributed by atoms with E-state index < -0.39 is 0 Å². The summed E-state index contributed by atoms with van der Waals surface area (Å²) in [7, 11) is 0. The van der Waals surface area contributed by atoms with E-state index in [0.29, 0.717) is 43.2 Å². The van der Waals surface area contributed by atoms with Crippen molar-refractivity contribution in [3.8, 4) is 0 Å². The fraction of sp³-hybridized carbons (Fsp3) is 0.594. The van der Waals surface area contributed by atoms with Crippen LogP contribution in [0.15, 0.2) is 48.5 Å². The zero-order chi connectivity index (χ0) is 27.2. The highest BCUT2D eigenvalue weighted by molar-refractivity contribution is 5.76. The van der Waals surface area contributed by atoms with Crippen molar-refractivity contribution in [1.29, 1.82) is 0 Å². The summed E-state index contributed by atoms with van der Waals surface area (Å²) in [5.74, 6) is 0.441. The van der Waals surface area contributed by atoms with E-state index in [2.05, 4.69) is 45.9 Å². The third kappa shape index (κ3) is 6.64. The first kappa shape index (κ1) is 28.1. The van der Waals surface area contributed by atoms with E-state index in [1.807, 2.05) is 17.0 Å². The second-order valence-electron chi connectivity index (χ2n) is 11.6. The van der Waals surface area contributed by atoms with Crippen LogP contribution in [0, 0.1) is 11.7 Å². The van der Waals surface area contributed by atoms with Crippen LogP contribution < -0.4 is 4.90 Å². The summed E-state index contributed by atoms with van der Waals surface area (Å²) < 4.78 is 14.4. The molecule has 1 aliphatic carbocycles. The van der Waals surface area contributed by atoms with Gasteiger partial charge in [-0.3, -0.25) is 14.6 Å². The van der Waals surface area contributed by atoms with E-state index in [-0.39, 0.29) is 18.3 Å². The van der Waals surface area contributed by atoms with E-state index in [1.165, 1.54) is 11.1 Å². The Morgan fingerprint density at radius 1 is 0.949 bits per heavy atom. The van der Waals surface area contributed by atoms with Gasteiger partial charge in [0.25, 0.3) is 0 Å².